The van der Waals surface area contributed by atoms with Gasteiger partial charge < -0.3 is 10.1 Å². The van der Waals surface area contributed by atoms with Crippen molar-refractivity contribution in [2.45, 2.75) is 6.42 Å². The van der Waals surface area contributed by atoms with Crippen LogP contribution in [0.5, 0.6) is 0 Å². The standard InChI is InChI=1S/C9H9ClN4/c10-7-2-1-3-14-5-6(4-8(11)12)13-9(7)14/h1-3,5H,4H2,(H3,11,12). The van der Waals surface area contributed by atoms with Crippen LogP contribution < -0.4 is 5.73 Å². The molecule has 3 N–H and O–H groups in total. The summed E-state index contributed by atoms with van der Waals surface area (Å²) in [5, 5.41) is 7.75. The SMILES string of the molecule is N=C(N)Cc1cn2cccc(Cl)c2n1. The van der Waals surface area contributed by atoms with Gasteiger partial charge in [-0.25, -0.2) is 4.98 Å². The topological polar surface area (TPSA) is 67.2 Å². The molecule has 0 amide bonds. The Balaban J connectivity index is 2.51. The third kappa shape index (κ3) is 1.56. The highest BCUT2D eigenvalue weighted by atomic mass is 35.5. The van der Waals surface area contributed by atoms with Crippen LogP contribution in [0.4, 0.5) is 0 Å². The summed E-state index contributed by atoms with van der Waals surface area (Å²) >= 11 is 5.94. The van der Waals surface area contributed by atoms with Gasteiger partial charge in [-0.3, -0.25) is 5.41 Å². The molecule has 0 bridgehead atoms. The van der Waals surface area contributed by atoms with Gasteiger partial charge in [-0.1, -0.05) is 11.6 Å². The van der Waals surface area contributed by atoms with Crippen LogP contribution in [0.3, 0.4) is 0 Å². The zero-order chi connectivity index (χ0) is 10.1. The molecular weight excluding hydrogens is 200 g/mol. The summed E-state index contributed by atoms with van der Waals surface area (Å²) in [4.78, 5) is 4.26. The highest BCUT2D eigenvalue weighted by Gasteiger charge is 2.04. The molecule has 2 aromatic rings. The van der Waals surface area contributed by atoms with Crippen molar-refractivity contribution < 1.29 is 0 Å². The molecule has 2 heterocycles. The number of nitrogens with zero attached hydrogens (tertiary/aromatic N) is 2. The Morgan fingerprint density at radius 1 is 1.64 bits per heavy atom. The molecule has 0 saturated heterocycles. The third-order valence-corrected chi connectivity index (χ3v) is 2.15. The fourth-order valence-electron chi connectivity index (χ4n) is 1.31. The minimum atomic E-state index is 0.101. The highest BCUT2D eigenvalue weighted by Crippen LogP contribution is 2.16. The van der Waals surface area contributed by atoms with Gasteiger partial charge >= 0.3 is 0 Å². The van der Waals surface area contributed by atoms with E-state index in [0.717, 1.165) is 5.69 Å². The van der Waals surface area contributed by atoms with Crippen LogP contribution in [0.2, 0.25) is 5.02 Å². The van der Waals surface area contributed by atoms with Crippen LogP contribution in [0, 0.1) is 5.41 Å². The summed E-state index contributed by atoms with van der Waals surface area (Å²) in [5.74, 6) is 0.101. The minimum Gasteiger partial charge on any atom is -0.387 e. The average molecular weight is 209 g/mol. The van der Waals surface area contributed by atoms with Crippen LogP contribution in [0.15, 0.2) is 24.5 Å². The smallest absolute Gasteiger partial charge is 0.155 e. The number of rotatable bonds is 2. The van der Waals surface area contributed by atoms with Gasteiger partial charge in [-0.15, -0.1) is 0 Å². The number of imidazole rings is 1. The summed E-state index contributed by atoms with van der Waals surface area (Å²) in [5.41, 5.74) is 6.74. The van der Waals surface area contributed by atoms with Crippen LogP contribution in [0.1, 0.15) is 5.69 Å². The Hall–Kier alpha value is -1.55. The zero-order valence-corrected chi connectivity index (χ0v) is 8.12. The van der Waals surface area contributed by atoms with E-state index in [4.69, 9.17) is 22.7 Å². The Labute approximate surface area is 85.8 Å². The van der Waals surface area contributed by atoms with Crippen molar-refractivity contribution in [1.82, 2.24) is 9.38 Å². The molecule has 0 aromatic carbocycles. The number of nitrogens with one attached hydrogen (secondary N) is 1. The van der Waals surface area contributed by atoms with E-state index in [1.54, 1.807) is 6.07 Å². The van der Waals surface area contributed by atoms with Gasteiger partial charge in [-0.2, -0.15) is 0 Å². The molecule has 5 heteroatoms. The van der Waals surface area contributed by atoms with E-state index in [2.05, 4.69) is 4.98 Å². The minimum absolute atomic E-state index is 0.101. The van der Waals surface area contributed by atoms with Crippen LogP contribution in [-0.2, 0) is 6.42 Å². The quantitative estimate of drug-likeness (QED) is 0.580. The Kier molecular flexibility index (Phi) is 2.13. The Morgan fingerprint density at radius 2 is 2.43 bits per heavy atom. The second kappa shape index (κ2) is 3.31. The van der Waals surface area contributed by atoms with E-state index < -0.39 is 0 Å². The second-order valence-corrected chi connectivity index (χ2v) is 3.43. The zero-order valence-electron chi connectivity index (χ0n) is 7.37. The number of pyridine rings is 1. The first kappa shape index (κ1) is 9.02. The van der Waals surface area contributed by atoms with E-state index in [0.29, 0.717) is 17.1 Å². The van der Waals surface area contributed by atoms with Gasteiger partial charge in [-0.05, 0) is 12.1 Å². The molecule has 0 aliphatic rings. The first-order valence-corrected chi connectivity index (χ1v) is 4.49. The van der Waals surface area contributed by atoms with E-state index in [1.807, 2.05) is 22.9 Å². The number of hydrogen-bond acceptors (Lipinski definition) is 2. The van der Waals surface area contributed by atoms with E-state index in [1.165, 1.54) is 0 Å². The Bertz CT molecular complexity index is 489. The van der Waals surface area contributed by atoms with E-state index in [-0.39, 0.29) is 5.84 Å². The van der Waals surface area contributed by atoms with Gasteiger partial charge in [0.15, 0.2) is 5.65 Å². The molecule has 0 fully saturated rings. The molecule has 0 radical (unpaired) electrons. The number of fused-ring (bicyclic) bond motifs is 1. The molecule has 0 spiro atoms. The van der Waals surface area contributed by atoms with E-state index >= 15 is 0 Å². The van der Waals surface area contributed by atoms with Gasteiger partial charge in [0, 0.05) is 18.8 Å². The molecule has 0 atom stereocenters. The van der Waals surface area contributed by atoms with Crippen molar-refractivity contribution in [3.63, 3.8) is 0 Å². The summed E-state index contributed by atoms with van der Waals surface area (Å²) < 4.78 is 1.82. The lowest BCUT2D eigenvalue weighted by Crippen LogP contribution is -2.12. The first-order chi connectivity index (χ1) is 6.66. The molecule has 0 unspecified atom stereocenters. The normalized spacial score (nSPS) is 10.6. The maximum Gasteiger partial charge on any atom is 0.155 e. The predicted molar refractivity (Wildman–Crippen MR) is 55.8 cm³/mol. The molecule has 0 saturated carbocycles. The monoisotopic (exact) mass is 208 g/mol. The molecule has 2 rings (SSSR count). The van der Waals surface area contributed by atoms with Crippen molar-refractivity contribution in [3.8, 4) is 0 Å². The number of aromatic nitrogens is 2. The lowest BCUT2D eigenvalue weighted by molar-refractivity contribution is 1.16. The molecular formula is C9H9ClN4. The third-order valence-electron chi connectivity index (χ3n) is 1.86. The van der Waals surface area contributed by atoms with Crippen molar-refractivity contribution in [1.29, 1.82) is 5.41 Å². The van der Waals surface area contributed by atoms with Crippen LogP contribution >= 0.6 is 11.6 Å². The fraction of sp³-hybridized carbons (Fsp3) is 0.111. The van der Waals surface area contributed by atoms with Crippen LogP contribution in [0.25, 0.3) is 5.65 Å². The van der Waals surface area contributed by atoms with E-state index in [9.17, 15) is 0 Å². The number of amidine groups is 1. The number of hydrogen-bond donors (Lipinski definition) is 2. The predicted octanol–water partition coefficient (Wildman–Crippen LogP) is 1.47. The largest absolute Gasteiger partial charge is 0.387 e. The fourth-order valence-corrected chi connectivity index (χ4v) is 1.52. The van der Waals surface area contributed by atoms with Gasteiger partial charge in [0.25, 0.3) is 0 Å². The molecule has 2 aromatic heterocycles. The summed E-state index contributed by atoms with van der Waals surface area (Å²) in [6, 6.07) is 3.62. The molecule has 14 heavy (non-hydrogen) atoms. The molecule has 72 valence electrons. The molecule has 0 aliphatic heterocycles. The number of halogens is 1. The first-order valence-electron chi connectivity index (χ1n) is 4.12. The highest BCUT2D eigenvalue weighted by molar-refractivity contribution is 6.33. The van der Waals surface area contributed by atoms with Crippen LogP contribution in [-0.4, -0.2) is 15.2 Å². The van der Waals surface area contributed by atoms with Gasteiger partial charge in [0.2, 0.25) is 0 Å². The van der Waals surface area contributed by atoms with Crippen molar-refractivity contribution in [2.75, 3.05) is 0 Å². The van der Waals surface area contributed by atoms with Crippen molar-refractivity contribution in [3.05, 3.63) is 35.2 Å². The molecule has 4 nitrogen and oxygen atoms in total. The summed E-state index contributed by atoms with van der Waals surface area (Å²) in [6.07, 6.45) is 4.04. The van der Waals surface area contributed by atoms with Gasteiger partial charge in [0.1, 0.15) is 0 Å². The van der Waals surface area contributed by atoms with Crippen molar-refractivity contribution >= 4 is 23.1 Å². The van der Waals surface area contributed by atoms with Gasteiger partial charge in [0.05, 0.1) is 16.6 Å². The maximum absolute atomic E-state index is 7.15. The number of nitrogens with two attached hydrogens (primary N) is 1. The lowest BCUT2D eigenvalue weighted by atomic mass is 10.3. The maximum atomic E-state index is 7.15. The Morgan fingerprint density at radius 3 is 3.07 bits per heavy atom. The lowest BCUT2D eigenvalue weighted by Gasteiger charge is -1.92. The summed E-state index contributed by atoms with van der Waals surface area (Å²) in [7, 11) is 0. The van der Waals surface area contributed by atoms with Crippen molar-refractivity contribution in [2.24, 2.45) is 5.73 Å². The summed E-state index contributed by atoms with van der Waals surface area (Å²) in [6.45, 7) is 0. The second-order valence-electron chi connectivity index (χ2n) is 3.02. The average Bonchev–Trinajstić information content (AvgIpc) is 2.47. The molecule has 0 aliphatic carbocycles.